The average molecular weight is 228 g/mol. The minimum absolute atomic E-state index is 0.301. The maximum absolute atomic E-state index is 9.79. The molecule has 0 saturated carbocycles. The molecular weight excluding hydrogens is 212 g/mol. The summed E-state index contributed by atoms with van der Waals surface area (Å²) in [5, 5.41) is 19.4. The summed E-state index contributed by atoms with van der Waals surface area (Å²) in [5.41, 5.74) is 3.91. The Morgan fingerprint density at radius 3 is 2.41 bits per heavy atom. The van der Waals surface area contributed by atoms with Gasteiger partial charge in [0.25, 0.3) is 0 Å². The lowest BCUT2D eigenvalue weighted by Gasteiger charge is -2.09. The molecule has 0 fully saturated rings. The highest BCUT2D eigenvalue weighted by molar-refractivity contribution is 5.44. The molecule has 0 atom stereocenters. The van der Waals surface area contributed by atoms with Crippen LogP contribution in [0.1, 0.15) is 22.3 Å². The molecule has 17 heavy (non-hydrogen) atoms. The normalized spacial score (nSPS) is 10.5. The van der Waals surface area contributed by atoms with Crippen molar-refractivity contribution in [1.29, 1.82) is 0 Å². The van der Waals surface area contributed by atoms with Gasteiger partial charge in [0.05, 0.1) is 0 Å². The van der Waals surface area contributed by atoms with Crippen LogP contribution in [0.5, 0.6) is 11.5 Å². The fourth-order valence-corrected chi connectivity index (χ4v) is 1.92. The fraction of sp³-hybridized carbons (Fsp3) is 0.200. The van der Waals surface area contributed by atoms with Crippen molar-refractivity contribution in [2.75, 3.05) is 0 Å². The first-order valence-electron chi connectivity index (χ1n) is 5.64. The van der Waals surface area contributed by atoms with Gasteiger partial charge in [-0.1, -0.05) is 29.8 Å². The van der Waals surface area contributed by atoms with Crippen molar-refractivity contribution in [3.8, 4) is 11.5 Å². The van der Waals surface area contributed by atoms with Crippen molar-refractivity contribution >= 4 is 0 Å². The summed E-state index contributed by atoms with van der Waals surface area (Å²) >= 11 is 0. The molecule has 88 valence electrons. The number of phenols is 2. The number of hydrogen-bond donors (Lipinski definition) is 2. The summed E-state index contributed by atoms with van der Waals surface area (Å²) in [6, 6.07) is 11.0. The second-order valence-electron chi connectivity index (χ2n) is 4.37. The van der Waals surface area contributed by atoms with Gasteiger partial charge in [-0.3, -0.25) is 0 Å². The first-order chi connectivity index (χ1) is 8.08. The Morgan fingerprint density at radius 1 is 0.882 bits per heavy atom. The second-order valence-corrected chi connectivity index (χ2v) is 4.37. The highest BCUT2D eigenvalue weighted by Crippen LogP contribution is 2.26. The molecule has 0 spiro atoms. The SMILES string of the molecule is Cc1ccc(O)c(Cc2cccc(O)c2C)c1. The van der Waals surface area contributed by atoms with Crippen LogP contribution < -0.4 is 0 Å². The smallest absolute Gasteiger partial charge is 0.119 e. The van der Waals surface area contributed by atoms with Crippen LogP contribution in [0.15, 0.2) is 36.4 Å². The van der Waals surface area contributed by atoms with Crippen molar-refractivity contribution in [2.45, 2.75) is 20.3 Å². The quantitative estimate of drug-likeness (QED) is 0.828. The third-order valence-electron chi connectivity index (χ3n) is 3.03. The largest absolute Gasteiger partial charge is 0.508 e. The molecule has 2 aromatic carbocycles. The zero-order chi connectivity index (χ0) is 12.4. The van der Waals surface area contributed by atoms with Gasteiger partial charge in [-0.2, -0.15) is 0 Å². The summed E-state index contributed by atoms with van der Waals surface area (Å²) in [7, 11) is 0. The predicted octanol–water partition coefficient (Wildman–Crippen LogP) is 3.31. The van der Waals surface area contributed by atoms with Crippen LogP contribution in [0.25, 0.3) is 0 Å². The number of aryl methyl sites for hydroxylation is 1. The lowest BCUT2D eigenvalue weighted by Crippen LogP contribution is -1.93. The lowest BCUT2D eigenvalue weighted by molar-refractivity contribution is 0.466. The maximum atomic E-state index is 9.79. The Hall–Kier alpha value is -1.96. The first-order valence-corrected chi connectivity index (χ1v) is 5.64. The van der Waals surface area contributed by atoms with E-state index in [4.69, 9.17) is 0 Å². The highest BCUT2D eigenvalue weighted by Gasteiger charge is 2.07. The van der Waals surface area contributed by atoms with Gasteiger partial charge in [-0.25, -0.2) is 0 Å². The number of phenolic OH excluding ortho intramolecular Hbond substituents is 2. The van der Waals surface area contributed by atoms with E-state index < -0.39 is 0 Å². The minimum Gasteiger partial charge on any atom is -0.508 e. The van der Waals surface area contributed by atoms with Crippen LogP contribution in [-0.4, -0.2) is 10.2 Å². The summed E-state index contributed by atoms with van der Waals surface area (Å²) < 4.78 is 0. The zero-order valence-corrected chi connectivity index (χ0v) is 10.1. The molecule has 2 rings (SSSR count). The van der Waals surface area contributed by atoms with Gasteiger partial charge >= 0.3 is 0 Å². The summed E-state index contributed by atoms with van der Waals surface area (Å²) in [6.45, 7) is 3.88. The Kier molecular flexibility index (Phi) is 3.05. The van der Waals surface area contributed by atoms with E-state index in [1.807, 2.05) is 38.1 Å². The predicted molar refractivity (Wildman–Crippen MR) is 68.5 cm³/mol. The molecule has 0 saturated heterocycles. The summed E-state index contributed by atoms with van der Waals surface area (Å²) in [5.74, 6) is 0.605. The second kappa shape index (κ2) is 4.50. The molecule has 2 nitrogen and oxygen atoms in total. The highest BCUT2D eigenvalue weighted by atomic mass is 16.3. The fourth-order valence-electron chi connectivity index (χ4n) is 1.92. The van der Waals surface area contributed by atoms with Gasteiger partial charge < -0.3 is 10.2 Å². The summed E-state index contributed by atoms with van der Waals surface area (Å²) in [6.07, 6.45) is 0.633. The first kappa shape index (κ1) is 11.5. The molecule has 2 heteroatoms. The van der Waals surface area contributed by atoms with E-state index in [1.54, 1.807) is 12.1 Å². The van der Waals surface area contributed by atoms with Gasteiger partial charge in [0.15, 0.2) is 0 Å². The van der Waals surface area contributed by atoms with E-state index in [2.05, 4.69) is 0 Å². The van der Waals surface area contributed by atoms with Gasteiger partial charge in [-0.05, 0) is 42.7 Å². The number of rotatable bonds is 2. The Labute approximate surface area is 101 Å². The maximum Gasteiger partial charge on any atom is 0.119 e. The Balaban J connectivity index is 2.38. The van der Waals surface area contributed by atoms with Crippen molar-refractivity contribution < 1.29 is 10.2 Å². The van der Waals surface area contributed by atoms with E-state index in [1.165, 1.54) is 0 Å². The van der Waals surface area contributed by atoms with Crippen molar-refractivity contribution in [2.24, 2.45) is 0 Å². The van der Waals surface area contributed by atoms with E-state index in [0.29, 0.717) is 17.9 Å². The molecule has 2 N–H and O–H groups in total. The monoisotopic (exact) mass is 228 g/mol. The molecule has 0 bridgehead atoms. The summed E-state index contributed by atoms with van der Waals surface area (Å²) in [4.78, 5) is 0. The van der Waals surface area contributed by atoms with Crippen molar-refractivity contribution in [3.63, 3.8) is 0 Å². The van der Waals surface area contributed by atoms with Gasteiger partial charge in [0.2, 0.25) is 0 Å². The van der Waals surface area contributed by atoms with E-state index in [-0.39, 0.29) is 0 Å². The van der Waals surface area contributed by atoms with Gasteiger partial charge in [0, 0.05) is 6.42 Å². The molecule has 0 radical (unpaired) electrons. The van der Waals surface area contributed by atoms with Crippen LogP contribution in [0.2, 0.25) is 0 Å². The lowest BCUT2D eigenvalue weighted by atomic mass is 9.98. The topological polar surface area (TPSA) is 40.5 Å². The molecule has 0 aliphatic heterocycles. The number of aromatic hydroxyl groups is 2. The minimum atomic E-state index is 0.301. The Bertz CT molecular complexity index is 545. The van der Waals surface area contributed by atoms with E-state index in [9.17, 15) is 10.2 Å². The number of benzene rings is 2. The molecule has 0 heterocycles. The zero-order valence-electron chi connectivity index (χ0n) is 10.1. The molecule has 0 aromatic heterocycles. The third-order valence-corrected chi connectivity index (χ3v) is 3.03. The van der Waals surface area contributed by atoms with Crippen LogP contribution in [0.3, 0.4) is 0 Å². The van der Waals surface area contributed by atoms with Crippen LogP contribution >= 0.6 is 0 Å². The van der Waals surface area contributed by atoms with Gasteiger partial charge in [0.1, 0.15) is 11.5 Å². The molecule has 0 aliphatic rings. The Morgan fingerprint density at radius 2 is 1.65 bits per heavy atom. The molecular formula is C15H16O2. The third kappa shape index (κ3) is 2.41. The van der Waals surface area contributed by atoms with Gasteiger partial charge in [-0.15, -0.1) is 0 Å². The standard InChI is InChI=1S/C15H16O2/c1-10-6-7-15(17)13(8-10)9-12-4-3-5-14(16)11(12)2/h3-8,16-17H,9H2,1-2H3. The molecule has 0 aliphatic carbocycles. The molecule has 0 amide bonds. The van der Waals surface area contributed by atoms with E-state index in [0.717, 1.165) is 22.3 Å². The van der Waals surface area contributed by atoms with Crippen molar-refractivity contribution in [1.82, 2.24) is 0 Å². The van der Waals surface area contributed by atoms with Crippen LogP contribution in [-0.2, 0) is 6.42 Å². The van der Waals surface area contributed by atoms with Crippen molar-refractivity contribution in [3.05, 3.63) is 58.7 Å². The molecule has 0 unspecified atom stereocenters. The molecule has 2 aromatic rings. The van der Waals surface area contributed by atoms with Crippen LogP contribution in [0, 0.1) is 13.8 Å². The van der Waals surface area contributed by atoms with E-state index >= 15 is 0 Å². The van der Waals surface area contributed by atoms with Crippen LogP contribution in [0.4, 0.5) is 0 Å². The average Bonchev–Trinajstić information content (AvgIpc) is 2.30. The number of hydrogen-bond acceptors (Lipinski definition) is 2.